The minimum atomic E-state index is -0.399. The van der Waals surface area contributed by atoms with E-state index in [9.17, 15) is 4.79 Å². The topological polar surface area (TPSA) is 81.7 Å². The standard InChI is InChI=1S/C38H52O8/c1-3-4-5-6-7-8-9-10-23-44-35-19-15-34(16-20-35)38(39)46-37-21-13-33(14-22-37)32-11-17-36(18-12-32)45-31-30-43-29-28-42-27-26-41-25-24-40-2/h11-22H,3-10,23-31H2,1-2H3. The molecule has 0 atom stereocenters. The predicted molar refractivity (Wildman–Crippen MR) is 181 cm³/mol. The van der Waals surface area contributed by atoms with Crippen LogP contribution in [0.1, 0.15) is 68.6 Å². The number of rotatable bonds is 26. The molecular weight excluding hydrogens is 584 g/mol. The van der Waals surface area contributed by atoms with Crippen LogP contribution in [0.2, 0.25) is 0 Å². The molecule has 0 aliphatic heterocycles. The van der Waals surface area contributed by atoms with Crippen LogP contribution in [0.25, 0.3) is 11.1 Å². The van der Waals surface area contributed by atoms with E-state index < -0.39 is 5.97 Å². The van der Waals surface area contributed by atoms with Gasteiger partial charge in [-0.2, -0.15) is 0 Å². The molecule has 8 nitrogen and oxygen atoms in total. The molecule has 0 spiro atoms. The van der Waals surface area contributed by atoms with Crippen molar-refractivity contribution in [3.63, 3.8) is 0 Å². The lowest BCUT2D eigenvalue weighted by atomic mass is 10.1. The minimum absolute atomic E-state index is 0.399. The predicted octanol–water partition coefficient (Wildman–Crippen LogP) is 8.17. The molecule has 0 amide bonds. The molecule has 0 fully saturated rings. The molecule has 0 N–H and O–H groups in total. The Balaban J connectivity index is 1.28. The maximum Gasteiger partial charge on any atom is 0.343 e. The van der Waals surface area contributed by atoms with E-state index in [2.05, 4.69) is 6.92 Å². The van der Waals surface area contributed by atoms with Crippen LogP contribution in [-0.2, 0) is 18.9 Å². The molecule has 8 heteroatoms. The van der Waals surface area contributed by atoms with E-state index in [1.165, 1.54) is 44.9 Å². The number of hydrogen-bond donors (Lipinski definition) is 0. The third-order valence-corrected chi connectivity index (χ3v) is 7.28. The van der Waals surface area contributed by atoms with Crippen LogP contribution in [0, 0.1) is 0 Å². The zero-order chi connectivity index (χ0) is 32.5. The van der Waals surface area contributed by atoms with Crippen molar-refractivity contribution in [3.05, 3.63) is 78.4 Å². The molecule has 0 heterocycles. The van der Waals surface area contributed by atoms with E-state index in [-0.39, 0.29) is 0 Å². The van der Waals surface area contributed by atoms with Gasteiger partial charge >= 0.3 is 5.97 Å². The smallest absolute Gasteiger partial charge is 0.343 e. The number of esters is 1. The van der Waals surface area contributed by atoms with Gasteiger partial charge in [-0.15, -0.1) is 0 Å². The molecule has 0 aliphatic rings. The van der Waals surface area contributed by atoms with E-state index in [4.69, 9.17) is 33.2 Å². The van der Waals surface area contributed by atoms with E-state index >= 15 is 0 Å². The monoisotopic (exact) mass is 636 g/mol. The Morgan fingerprint density at radius 1 is 0.478 bits per heavy atom. The number of carbonyl (C=O) groups excluding carboxylic acids is 1. The first-order valence-electron chi connectivity index (χ1n) is 16.7. The van der Waals surface area contributed by atoms with Gasteiger partial charge < -0.3 is 33.2 Å². The summed E-state index contributed by atoms with van der Waals surface area (Å²) >= 11 is 0. The summed E-state index contributed by atoms with van der Waals surface area (Å²) in [6, 6.07) is 22.5. The first kappa shape index (κ1) is 37.0. The molecule has 0 saturated heterocycles. The largest absolute Gasteiger partial charge is 0.494 e. The average Bonchev–Trinajstić information content (AvgIpc) is 3.09. The fourth-order valence-corrected chi connectivity index (χ4v) is 4.64. The van der Waals surface area contributed by atoms with E-state index in [1.54, 1.807) is 31.4 Å². The first-order chi connectivity index (χ1) is 22.7. The van der Waals surface area contributed by atoms with E-state index in [0.29, 0.717) is 70.8 Å². The Labute approximate surface area is 275 Å². The Hall–Kier alpha value is -3.43. The normalized spacial score (nSPS) is 11.0. The molecule has 0 aliphatic carbocycles. The third-order valence-electron chi connectivity index (χ3n) is 7.28. The highest BCUT2D eigenvalue weighted by atomic mass is 16.6. The fraction of sp³-hybridized carbons (Fsp3) is 0.500. The van der Waals surface area contributed by atoms with Crippen molar-refractivity contribution in [2.45, 2.75) is 58.3 Å². The molecule has 0 unspecified atom stereocenters. The molecule has 0 aromatic heterocycles. The number of hydrogen-bond acceptors (Lipinski definition) is 8. The van der Waals surface area contributed by atoms with Gasteiger partial charge in [-0.25, -0.2) is 4.79 Å². The number of ether oxygens (including phenoxy) is 7. The van der Waals surface area contributed by atoms with Crippen molar-refractivity contribution in [2.24, 2.45) is 0 Å². The fourth-order valence-electron chi connectivity index (χ4n) is 4.64. The summed E-state index contributed by atoms with van der Waals surface area (Å²) in [7, 11) is 1.65. The summed E-state index contributed by atoms with van der Waals surface area (Å²) in [5, 5.41) is 0. The maximum atomic E-state index is 12.7. The summed E-state index contributed by atoms with van der Waals surface area (Å²) in [5.41, 5.74) is 2.53. The lowest BCUT2D eigenvalue weighted by Crippen LogP contribution is -2.13. The highest BCUT2D eigenvalue weighted by Gasteiger charge is 2.09. The van der Waals surface area contributed by atoms with Gasteiger partial charge in [-0.05, 0) is 66.1 Å². The second-order valence-corrected chi connectivity index (χ2v) is 11.0. The minimum Gasteiger partial charge on any atom is -0.494 e. The van der Waals surface area contributed by atoms with Crippen LogP contribution in [0.15, 0.2) is 72.8 Å². The Bertz CT molecular complexity index is 1180. The lowest BCUT2D eigenvalue weighted by Gasteiger charge is -2.10. The van der Waals surface area contributed by atoms with Crippen LogP contribution in [0.3, 0.4) is 0 Å². The summed E-state index contributed by atoms with van der Waals surface area (Å²) in [6.45, 7) is 7.14. The molecular formula is C38H52O8. The molecule has 46 heavy (non-hydrogen) atoms. The van der Waals surface area contributed by atoms with Gasteiger partial charge in [0, 0.05) is 7.11 Å². The molecule has 0 saturated carbocycles. The summed E-state index contributed by atoms with van der Waals surface area (Å²) in [6.07, 6.45) is 10.1. The molecule has 0 radical (unpaired) electrons. The molecule has 3 rings (SSSR count). The highest BCUT2D eigenvalue weighted by Crippen LogP contribution is 2.25. The SMILES string of the molecule is CCCCCCCCCCOc1ccc(C(=O)Oc2ccc(-c3ccc(OCCOCCOCCOCCOC)cc3)cc2)cc1. The van der Waals surface area contributed by atoms with Gasteiger partial charge in [0.15, 0.2) is 0 Å². The quantitative estimate of drug-likeness (QED) is 0.0496. The van der Waals surface area contributed by atoms with Gasteiger partial charge in [0.1, 0.15) is 23.9 Å². The van der Waals surface area contributed by atoms with Gasteiger partial charge in [-0.3, -0.25) is 0 Å². The van der Waals surface area contributed by atoms with Crippen LogP contribution in [0.5, 0.6) is 17.2 Å². The summed E-state index contributed by atoms with van der Waals surface area (Å²) < 4.78 is 38.5. The number of methoxy groups -OCH3 is 1. The van der Waals surface area contributed by atoms with Crippen molar-refractivity contribution < 1.29 is 38.0 Å². The van der Waals surface area contributed by atoms with Crippen LogP contribution in [0.4, 0.5) is 0 Å². The van der Waals surface area contributed by atoms with E-state index in [0.717, 1.165) is 29.0 Å². The second kappa shape index (κ2) is 23.8. The van der Waals surface area contributed by atoms with Crippen molar-refractivity contribution in [1.29, 1.82) is 0 Å². The number of carbonyl (C=O) groups is 1. The van der Waals surface area contributed by atoms with Crippen LogP contribution < -0.4 is 14.2 Å². The van der Waals surface area contributed by atoms with Gasteiger partial charge in [-0.1, -0.05) is 76.1 Å². The van der Waals surface area contributed by atoms with E-state index in [1.807, 2.05) is 48.5 Å². The molecule has 252 valence electrons. The summed E-state index contributed by atoms with van der Waals surface area (Å²) in [5.74, 6) is 1.63. The third kappa shape index (κ3) is 15.7. The highest BCUT2D eigenvalue weighted by molar-refractivity contribution is 5.91. The zero-order valence-corrected chi connectivity index (χ0v) is 27.7. The maximum absolute atomic E-state index is 12.7. The zero-order valence-electron chi connectivity index (χ0n) is 27.7. The Morgan fingerprint density at radius 3 is 1.46 bits per heavy atom. The average molecular weight is 637 g/mol. The number of unbranched alkanes of at least 4 members (excludes halogenated alkanes) is 7. The van der Waals surface area contributed by atoms with Crippen LogP contribution >= 0.6 is 0 Å². The van der Waals surface area contributed by atoms with Crippen molar-refractivity contribution in [2.75, 3.05) is 66.6 Å². The van der Waals surface area contributed by atoms with Gasteiger partial charge in [0.25, 0.3) is 0 Å². The first-order valence-corrected chi connectivity index (χ1v) is 16.7. The molecule has 3 aromatic carbocycles. The van der Waals surface area contributed by atoms with Crippen molar-refractivity contribution >= 4 is 5.97 Å². The van der Waals surface area contributed by atoms with Gasteiger partial charge in [0.2, 0.25) is 0 Å². The molecule has 3 aromatic rings. The lowest BCUT2D eigenvalue weighted by molar-refractivity contribution is 0.000164. The Kier molecular flexibility index (Phi) is 19.2. The Morgan fingerprint density at radius 2 is 0.913 bits per heavy atom. The number of benzene rings is 3. The summed E-state index contributed by atoms with van der Waals surface area (Å²) in [4.78, 5) is 12.7. The van der Waals surface area contributed by atoms with Crippen LogP contribution in [-0.4, -0.2) is 72.5 Å². The van der Waals surface area contributed by atoms with Crippen molar-refractivity contribution in [1.82, 2.24) is 0 Å². The molecule has 0 bridgehead atoms. The van der Waals surface area contributed by atoms with Gasteiger partial charge in [0.05, 0.1) is 58.4 Å². The second-order valence-electron chi connectivity index (χ2n) is 11.0. The van der Waals surface area contributed by atoms with Crippen molar-refractivity contribution in [3.8, 4) is 28.4 Å².